The molecule has 6 nitrogen and oxygen atoms in total. The van der Waals surface area contributed by atoms with Crippen LogP contribution >= 0.6 is 0 Å². The van der Waals surface area contributed by atoms with Crippen molar-refractivity contribution in [3.05, 3.63) is 53.6 Å². The minimum absolute atomic E-state index is 0.134. The van der Waals surface area contributed by atoms with Crippen LogP contribution in [0.5, 0.6) is 0 Å². The molecular weight excluding hydrogens is 364 g/mol. The van der Waals surface area contributed by atoms with Gasteiger partial charge in [0.25, 0.3) is 5.91 Å². The minimum Gasteiger partial charge on any atom is -0.377 e. The molecule has 1 unspecified atom stereocenters. The fourth-order valence-corrected chi connectivity index (χ4v) is 3.77. The first-order valence-electron chi connectivity index (χ1n) is 8.82. The van der Waals surface area contributed by atoms with E-state index in [4.69, 9.17) is 4.74 Å². The van der Waals surface area contributed by atoms with Gasteiger partial charge in [0.2, 0.25) is 0 Å². The van der Waals surface area contributed by atoms with Crippen LogP contribution in [0.4, 0.5) is 11.4 Å². The van der Waals surface area contributed by atoms with Crippen molar-refractivity contribution in [2.45, 2.75) is 24.8 Å². The van der Waals surface area contributed by atoms with E-state index in [1.807, 2.05) is 24.3 Å². The van der Waals surface area contributed by atoms with E-state index < -0.39 is 9.84 Å². The third-order valence-corrected chi connectivity index (χ3v) is 5.82. The van der Waals surface area contributed by atoms with Gasteiger partial charge in [0.15, 0.2) is 9.84 Å². The second-order valence-corrected chi connectivity index (χ2v) is 8.88. The van der Waals surface area contributed by atoms with E-state index in [0.717, 1.165) is 24.1 Å². The molecule has 0 radical (unpaired) electrons. The fourth-order valence-electron chi connectivity index (χ4n) is 3.12. The molecule has 144 valence electrons. The quantitative estimate of drug-likeness (QED) is 0.872. The molecule has 2 aromatic carbocycles. The smallest absolute Gasteiger partial charge is 0.255 e. The summed E-state index contributed by atoms with van der Waals surface area (Å²) in [4.78, 5) is 15.0. The first-order chi connectivity index (χ1) is 12.8. The van der Waals surface area contributed by atoms with Gasteiger partial charge in [-0.05, 0) is 55.8 Å². The van der Waals surface area contributed by atoms with Crippen molar-refractivity contribution < 1.29 is 17.9 Å². The molecule has 0 spiro atoms. The number of carbonyl (C=O) groups excluding carboxylic acids is 1. The standard InChI is InChI=1S/C20H24N2O4S/c1-14-4-9-18(27(3,24)25)12-19(14)20(23)21-16-5-7-17(8-6-16)22-10-11-26-13-15(22)2/h4-9,12,15H,10-11,13H2,1-3H3,(H,21,23). The number of aryl methyl sites for hydroxylation is 1. The summed E-state index contributed by atoms with van der Waals surface area (Å²) in [5.74, 6) is -0.328. The summed E-state index contributed by atoms with van der Waals surface area (Å²) in [6, 6.07) is 12.5. The highest BCUT2D eigenvalue weighted by Gasteiger charge is 2.19. The molecule has 1 N–H and O–H groups in total. The SMILES string of the molecule is Cc1ccc(S(C)(=O)=O)cc1C(=O)Nc1ccc(N2CCOCC2C)cc1. The van der Waals surface area contributed by atoms with Gasteiger partial charge in [-0.3, -0.25) is 4.79 Å². The van der Waals surface area contributed by atoms with Crippen LogP contribution < -0.4 is 10.2 Å². The van der Waals surface area contributed by atoms with E-state index in [9.17, 15) is 13.2 Å². The van der Waals surface area contributed by atoms with Gasteiger partial charge in [0.05, 0.1) is 18.1 Å². The fraction of sp³-hybridized carbons (Fsp3) is 0.350. The Labute approximate surface area is 160 Å². The van der Waals surface area contributed by atoms with Crippen molar-refractivity contribution in [1.82, 2.24) is 0 Å². The summed E-state index contributed by atoms with van der Waals surface area (Å²) in [6.07, 6.45) is 1.13. The van der Waals surface area contributed by atoms with Gasteiger partial charge in [0.1, 0.15) is 0 Å². The molecule has 0 saturated carbocycles. The molecule has 1 heterocycles. The van der Waals surface area contributed by atoms with Gasteiger partial charge in [-0.25, -0.2) is 8.42 Å². The van der Waals surface area contributed by atoms with Crippen LogP contribution in [0, 0.1) is 6.92 Å². The number of anilines is 2. The van der Waals surface area contributed by atoms with Gasteiger partial charge in [0, 0.05) is 35.8 Å². The summed E-state index contributed by atoms with van der Waals surface area (Å²) in [6.45, 7) is 6.15. The highest BCUT2D eigenvalue weighted by Crippen LogP contribution is 2.23. The molecule has 1 saturated heterocycles. The lowest BCUT2D eigenvalue weighted by atomic mass is 10.1. The monoisotopic (exact) mass is 388 g/mol. The second-order valence-electron chi connectivity index (χ2n) is 6.87. The number of nitrogens with one attached hydrogen (secondary N) is 1. The molecule has 7 heteroatoms. The molecule has 0 bridgehead atoms. The average Bonchev–Trinajstić information content (AvgIpc) is 2.62. The van der Waals surface area contributed by atoms with Crippen molar-refractivity contribution in [2.24, 2.45) is 0 Å². The molecule has 3 rings (SSSR count). The van der Waals surface area contributed by atoms with E-state index >= 15 is 0 Å². The number of hydrogen-bond acceptors (Lipinski definition) is 5. The highest BCUT2D eigenvalue weighted by molar-refractivity contribution is 7.90. The van der Waals surface area contributed by atoms with E-state index in [0.29, 0.717) is 30.5 Å². The topological polar surface area (TPSA) is 75.7 Å². The first kappa shape index (κ1) is 19.4. The van der Waals surface area contributed by atoms with E-state index in [1.54, 1.807) is 13.0 Å². The van der Waals surface area contributed by atoms with Crippen LogP contribution in [0.15, 0.2) is 47.4 Å². The molecule has 1 fully saturated rings. The van der Waals surface area contributed by atoms with Crippen LogP contribution in [0.1, 0.15) is 22.8 Å². The summed E-state index contributed by atoms with van der Waals surface area (Å²) in [5, 5.41) is 2.84. The Morgan fingerprint density at radius 1 is 1.19 bits per heavy atom. The van der Waals surface area contributed by atoms with Gasteiger partial charge < -0.3 is 15.0 Å². The normalized spacial score (nSPS) is 17.6. The predicted octanol–water partition coefficient (Wildman–Crippen LogP) is 2.88. The van der Waals surface area contributed by atoms with Gasteiger partial charge in [-0.1, -0.05) is 6.07 Å². The molecule has 2 aromatic rings. The number of sulfone groups is 1. The number of carbonyl (C=O) groups is 1. The summed E-state index contributed by atoms with van der Waals surface area (Å²) in [7, 11) is -3.37. The number of rotatable bonds is 4. The minimum atomic E-state index is -3.37. The number of benzene rings is 2. The number of nitrogens with zero attached hydrogens (tertiary/aromatic N) is 1. The van der Waals surface area contributed by atoms with Crippen LogP contribution in [-0.4, -0.2) is 46.4 Å². The van der Waals surface area contributed by atoms with E-state index in [-0.39, 0.29) is 10.8 Å². The Balaban J connectivity index is 1.77. The number of ether oxygens (including phenoxy) is 1. The Kier molecular flexibility index (Phi) is 5.53. The molecule has 1 amide bonds. The van der Waals surface area contributed by atoms with Crippen LogP contribution in [0.2, 0.25) is 0 Å². The van der Waals surface area contributed by atoms with Gasteiger partial charge in [-0.15, -0.1) is 0 Å². The zero-order valence-electron chi connectivity index (χ0n) is 15.7. The van der Waals surface area contributed by atoms with Crippen molar-refractivity contribution >= 4 is 27.1 Å². The van der Waals surface area contributed by atoms with Crippen LogP contribution in [-0.2, 0) is 14.6 Å². The summed E-state index contributed by atoms with van der Waals surface area (Å²) in [5.41, 5.74) is 2.82. The summed E-state index contributed by atoms with van der Waals surface area (Å²) < 4.78 is 29.0. The lowest BCUT2D eigenvalue weighted by Crippen LogP contribution is -2.43. The van der Waals surface area contributed by atoms with Crippen molar-refractivity contribution in [3.8, 4) is 0 Å². The Morgan fingerprint density at radius 2 is 1.89 bits per heavy atom. The zero-order chi connectivity index (χ0) is 19.6. The Hall–Kier alpha value is -2.38. The van der Waals surface area contributed by atoms with Gasteiger partial charge >= 0.3 is 0 Å². The van der Waals surface area contributed by atoms with Crippen molar-refractivity contribution in [1.29, 1.82) is 0 Å². The van der Waals surface area contributed by atoms with Crippen molar-refractivity contribution in [2.75, 3.05) is 36.2 Å². The maximum atomic E-state index is 12.6. The maximum absolute atomic E-state index is 12.6. The van der Waals surface area contributed by atoms with Crippen molar-refractivity contribution in [3.63, 3.8) is 0 Å². The largest absolute Gasteiger partial charge is 0.377 e. The first-order valence-corrected chi connectivity index (χ1v) is 10.7. The van der Waals surface area contributed by atoms with E-state index in [2.05, 4.69) is 17.1 Å². The zero-order valence-corrected chi connectivity index (χ0v) is 16.5. The number of hydrogen-bond donors (Lipinski definition) is 1. The lowest BCUT2D eigenvalue weighted by Gasteiger charge is -2.35. The molecule has 1 atom stereocenters. The molecule has 1 aliphatic rings. The average molecular weight is 388 g/mol. The molecular formula is C20H24N2O4S. The maximum Gasteiger partial charge on any atom is 0.255 e. The molecule has 27 heavy (non-hydrogen) atoms. The lowest BCUT2D eigenvalue weighted by molar-refractivity contribution is 0.0989. The molecule has 0 aliphatic carbocycles. The predicted molar refractivity (Wildman–Crippen MR) is 106 cm³/mol. The highest BCUT2D eigenvalue weighted by atomic mass is 32.2. The third-order valence-electron chi connectivity index (χ3n) is 4.71. The number of morpholine rings is 1. The second kappa shape index (κ2) is 7.70. The summed E-state index contributed by atoms with van der Waals surface area (Å²) >= 11 is 0. The van der Waals surface area contributed by atoms with Crippen LogP contribution in [0.25, 0.3) is 0 Å². The number of amides is 1. The Morgan fingerprint density at radius 3 is 2.52 bits per heavy atom. The molecule has 1 aliphatic heterocycles. The molecule has 0 aromatic heterocycles. The van der Waals surface area contributed by atoms with Crippen LogP contribution in [0.3, 0.4) is 0 Å². The Bertz CT molecular complexity index is 939. The van der Waals surface area contributed by atoms with E-state index in [1.165, 1.54) is 12.1 Å². The third kappa shape index (κ3) is 4.48. The van der Waals surface area contributed by atoms with Gasteiger partial charge in [-0.2, -0.15) is 0 Å².